The molecular weight excluding hydrogens is 230 g/mol. The predicted octanol–water partition coefficient (Wildman–Crippen LogP) is 0.491. The van der Waals surface area contributed by atoms with Gasteiger partial charge in [-0.3, -0.25) is 16.2 Å². The molecule has 1 aromatic rings. The van der Waals surface area contributed by atoms with Crippen molar-refractivity contribution in [3.05, 3.63) is 29.3 Å². The number of hydrazine groups is 1. The van der Waals surface area contributed by atoms with E-state index in [0.29, 0.717) is 6.54 Å². The van der Waals surface area contributed by atoms with Gasteiger partial charge in [0.25, 0.3) is 0 Å². The fourth-order valence-electron chi connectivity index (χ4n) is 2.18. The van der Waals surface area contributed by atoms with E-state index in [1.807, 2.05) is 12.1 Å². The summed E-state index contributed by atoms with van der Waals surface area (Å²) in [4.78, 5) is 2.38. The van der Waals surface area contributed by atoms with E-state index in [0.717, 1.165) is 38.6 Å². The first-order chi connectivity index (χ1) is 8.83. The number of hydrogen-bond donors (Lipinski definition) is 2. The summed E-state index contributed by atoms with van der Waals surface area (Å²) in [7, 11) is 1.71. The van der Waals surface area contributed by atoms with Crippen LogP contribution in [0.5, 0.6) is 5.75 Å². The van der Waals surface area contributed by atoms with Crippen molar-refractivity contribution < 1.29 is 9.47 Å². The van der Waals surface area contributed by atoms with Gasteiger partial charge in [0.15, 0.2) is 0 Å². The molecular formula is C13H21N3O2. The SMILES string of the molecule is COc1ccc(CNN)cc1CN1CCOCC1. The number of morpholine rings is 1. The van der Waals surface area contributed by atoms with Crippen LogP contribution in [0.25, 0.3) is 0 Å². The van der Waals surface area contributed by atoms with Crippen LogP contribution in [0.3, 0.4) is 0 Å². The van der Waals surface area contributed by atoms with Crippen molar-refractivity contribution in [3.8, 4) is 5.75 Å². The number of methoxy groups -OCH3 is 1. The Labute approximate surface area is 108 Å². The Kier molecular flexibility index (Phi) is 4.95. The molecule has 1 aromatic carbocycles. The van der Waals surface area contributed by atoms with Crippen LogP contribution in [-0.4, -0.2) is 38.3 Å². The summed E-state index contributed by atoms with van der Waals surface area (Å²) in [5, 5.41) is 0. The van der Waals surface area contributed by atoms with Gasteiger partial charge in [-0.15, -0.1) is 0 Å². The molecule has 0 aromatic heterocycles. The van der Waals surface area contributed by atoms with Crippen molar-refractivity contribution >= 4 is 0 Å². The third-order valence-corrected chi connectivity index (χ3v) is 3.15. The van der Waals surface area contributed by atoms with Gasteiger partial charge in [0.2, 0.25) is 0 Å². The highest BCUT2D eigenvalue weighted by molar-refractivity contribution is 5.37. The molecule has 0 bridgehead atoms. The molecule has 0 aliphatic carbocycles. The topological polar surface area (TPSA) is 59.8 Å². The minimum Gasteiger partial charge on any atom is -0.496 e. The van der Waals surface area contributed by atoms with Crippen molar-refractivity contribution in [3.63, 3.8) is 0 Å². The van der Waals surface area contributed by atoms with Crippen LogP contribution < -0.4 is 16.0 Å². The van der Waals surface area contributed by atoms with Gasteiger partial charge in [-0.05, 0) is 17.7 Å². The molecule has 0 atom stereocenters. The van der Waals surface area contributed by atoms with Gasteiger partial charge in [0.05, 0.1) is 20.3 Å². The molecule has 18 heavy (non-hydrogen) atoms. The van der Waals surface area contributed by atoms with Gasteiger partial charge >= 0.3 is 0 Å². The fourth-order valence-corrected chi connectivity index (χ4v) is 2.18. The first-order valence-electron chi connectivity index (χ1n) is 6.23. The smallest absolute Gasteiger partial charge is 0.123 e. The quantitative estimate of drug-likeness (QED) is 0.589. The van der Waals surface area contributed by atoms with Crippen molar-refractivity contribution in [2.75, 3.05) is 33.4 Å². The summed E-state index contributed by atoms with van der Waals surface area (Å²) in [6.07, 6.45) is 0. The van der Waals surface area contributed by atoms with Crippen LogP contribution in [0.15, 0.2) is 18.2 Å². The second kappa shape index (κ2) is 6.70. The summed E-state index contributed by atoms with van der Waals surface area (Å²) in [6.45, 7) is 5.13. The second-order valence-electron chi connectivity index (χ2n) is 4.42. The van der Waals surface area contributed by atoms with E-state index in [-0.39, 0.29) is 0 Å². The fraction of sp³-hybridized carbons (Fsp3) is 0.538. The molecule has 3 N–H and O–H groups in total. The number of hydrogen-bond acceptors (Lipinski definition) is 5. The number of nitrogens with one attached hydrogen (secondary N) is 1. The van der Waals surface area contributed by atoms with Gasteiger partial charge < -0.3 is 9.47 Å². The highest BCUT2D eigenvalue weighted by atomic mass is 16.5. The summed E-state index contributed by atoms with van der Waals surface area (Å²) in [6, 6.07) is 6.18. The standard InChI is InChI=1S/C13H21N3O2/c1-17-13-3-2-11(9-15-14)8-12(13)10-16-4-6-18-7-5-16/h2-3,8,15H,4-7,9-10,14H2,1H3. The number of nitrogens with two attached hydrogens (primary N) is 1. The first-order valence-corrected chi connectivity index (χ1v) is 6.23. The number of ether oxygens (including phenoxy) is 2. The minimum atomic E-state index is 0.667. The normalized spacial score (nSPS) is 16.8. The lowest BCUT2D eigenvalue weighted by molar-refractivity contribution is 0.0339. The summed E-state index contributed by atoms with van der Waals surface area (Å²) >= 11 is 0. The maximum Gasteiger partial charge on any atom is 0.123 e. The van der Waals surface area contributed by atoms with Crippen molar-refractivity contribution in [1.29, 1.82) is 0 Å². The largest absolute Gasteiger partial charge is 0.496 e. The zero-order valence-corrected chi connectivity index (χ0v) is 10.8. The monoisotopic (exact) mass is 251 g/mol. The average Bonchev–Trinajstić information content (AvgIpc) is 2.41. The van der Waals surface area contributed by atoms with Crippen LogP contribution in [0, 0.1) is 0 Å². The maximum absolute atomic E-state index is 5.41. The van der Waals surface area contributed by atoms with Gasteiger partial charge in [-0.25, -0.2) is 0 Å². The summed E-state index contributed by atoms with van der Waals surface area (Å²) < 4.78 is 10.8. The van der Waals surface area contributed by atoms with Crippen LogP contribution in [-0.2, 0) is 17.8 Å². The van der Waals surface area contributed by atoms with Gasteiger partial charge in [0, 0.05) is 31.7 Å². The third-order valence-electron chi connectivity index (χ3n) is 3.15. The maximum atomic E-state index is 5.41. The van der Waals surface area contributed by atoms with Gasteiger partial charge in [-0.2, -0.15) is 0 Å². The lowest BCUT2D eigenvalue weighted by atomic mass is 10.1. The molecule has 100 valence electrons. The van der Waals surface area contributed by atoms with E-state index < -0.39 is 0 Å². The van der Waals surface area contributed by atoms with Crippen molar-refractivity contribution in [1.82, 2.24) is 10.3 Å². The average molecular weight is 251 g/mol. The van der Waals surface area contributed by atoms with Crippen LogP contribution in [0.2, 0.25) is 0 Å². The van der Waals surface area contributed by atoms with Crippen LogP contribution in [0.1, 0.15) is 11.1 Å². The first kappa shape index (κ1) is 13.3. The van der Waals surface area contributed by atoms with Crippen LogP contribution in [0.4, 0.5) is 0 Å². The molecule has 0 spiro atoms. The number of rotatable bonds is 5. The third kappa shape index (κ3) is 3.43. The lowest BCUT2D eigenvalue weighted by Crippen LogP contribution is -2.35. The zero-order chi connectivity index (χ0) is 12.8. The number of nitrogens with zero attached hydrogens (tertiary/aromatic N) is 1. The molecule has 0 unspecified atom stereocenters. The molecule has 1 heterocycles. The van der Waals surface area contributed by atoms with E-state index in [1.165, 1.54) is 11.1 Å². The van der Waals surface area contributed by atoms with Gasteiger partial charge in [0.1, 0.15) is 5.75 Å². The Bertz CT molecular complexity index is 378. The summed E-state index contributed by atoms with van der Waals surface area (Å²) in [5.41, 5.74) is 5.05. The number of benzene rings is 1. The molecule has 1 aliphatic rings. The molecule has 1 aliphatic heterocycles. The molecule has 0 radical (unpaired) electrons. The Morgan fingerprint density at radius 3 is 2.83 bits per heavy atom. The Morgan fingerprint density at radius 2 is 2.17 bits per heavy atom. The van der Waals surface area contributed by atoms with E-state index in [4.69, 9.17) is 15.3 Å². The Balaban J connectivity index is 2.09. The van der Waals surface area contributed by atoms with E-state index >= 15 is 0 Å². The Morgan fingerprint density at radius 1 is 1.39 bits per heavy atom. The molecule has 0 amide bonds. The molecule has 0 saturated carbocycles. The van der Waals surface area contributed by atoms with Crippen molar-refractivity contribution in [2.45, 2.75) is 13.1 Å². The summed E-state index contributed by atoms with van der Waals surface area (Å²) in [5.74, 6) is 6.29. The highest BCUT2D eigenvalue weighted by Gasteiger charge is 2.13. The second-order valence-corrected chi connectivity index (χ2v) is 4.42. The molecule has 5 heteroatoms. The Hall–Kier alpha value is -1.14. The van der Waals surface area contributed by atoms with Crippen LogP contribution >= 0.6 is 0 Å². The van der Waals surface area contributed by atoms with E-state index in [9.17, 15) is 0 Å². The molecule has 1 fully saturated rings. The molecule has 1 saturated heterocycles. The zero-order valence-electron chi connectivity index (χ0n) is 10.8. The minimum absolute atomic E-state index is 0.667. The van der Waals surface area contributed by atoms with Gasteiger partial charge in [-0.1, -0.05) is 6.07 Å². The lowest BCUT2D eigenvalue weighted by Gasteiger charge is -2.27. The molecule has 5 nitrogen and oxygen atoms in total. The predicted molar refractivity (Wildman–Crippen MR) is 70.1 cm³/mol. The van der Waals surface area contributed by atoms with E-state index in [2.05, 4.69) is 16.4 Å². The van der Waals surface area contributed by atoms with Crippen molar-refractivity contribution in [2.24, 2.45) is 5.84 Å². The van der Waals surface area contributed by atoms with E-state index in [1.54, 1.807) is 7.11 Å². The highest BCUT2D eigenvalue weighted by Crippen LogP contribution is 2.22. The molecule has 2 rings (SSSR count).